The van der Waals surface area contributed by atoms with Gasteiger partial charge in [0.05, 0.1) is 39.5 Å². The van der Waals surface area contributed by atoms with Crippen LogP contribution in [0.25, 0.3) is 0 Å². The van der Waals surface area contributed by atoms with Gasteiger partial charge >= 0.3 is 5.97 Å². The number of fused-ring (bicyclic) bond motifs is 2. The number of rotatable bonds is 7. The molecule has 5 rings (SSSR count). The smallest absolute Gasteiger partial charge is 0.339 e. The minimum atomic E-state index is -1.11. The molecule has 43 heavy (non-hydrogen) atoms. The zero-order valence-corrected chi connectivity index (χ0v) is 26.1. The van der Waals surface area contributed by atoms with E-state index >= 15 is 0 Å². The van der Waals surface area contributed by atoms with Gasteiger partial charge in [-0.1, -0.05) is 12.1 Å². The van der Waals surface area contributed by atoms with E-state index in [1.54, 1.807) is 40.6 Å². The van der Waals surface area contributed by atoms with Crippen molar-refractivity contribution >= 4 is 17.4 Å². The molecule has 0 amide bonds. The van der Waals surface area contributed by atoms with E-state index in [9.17, 15) is 4.79 Å². The predicted molar refractivity (Wildman–Crippen MR) is 167 cm³/mol. The van der Waals surface area contributed by atoms with Crippen molar-refractivity contribution in [3.63, 3.8) is 0 Å². The highest BCUT2D eigenvalue weighted by atomic mass is 16.5. The van der Waals surface area contributed by atoms with Crippen molar-refractivity contribution in [2.75, 3.05) is 28.4 Å². The van der Waals surface area contributed by atoms with Gasteiger partial charge in [0.1, 0.15) is 11.3 Å². The first-order chi connectivity index (χ1) is 20.3. The predicted octanol–water partition coefficient (Wildman–Crippen LogP) is 6.15. The summed E-state index contributed by atoms with van der Waals surface area (Å²) >= 11 is 0. The lowest BCUT2D eigenvalue weighted by Crippen LogP contribution is -2.33. The largest absolute Gasteiger partial charge is 0.507 e. The number of hydrogen-bond acceptors (Lipinski definition) is 8. The number of aliphatic imine (C=N–C) groups is 2. The maximum atomic E-state index is 10.3. The molecule has 0 aliphatic carbocycles. The fraction of sp³-hybridized carbons (Fsp3) is 0.382. The average molecular weight is 589 g/mol. The van der Waals surface area contributed by atoms with E-state index in [1.807, 2.05) is 12.1 Å². The van der Waals surface area contributed by atoms with Gasteiger partial charge in [-0.05, 0) is 88.1 Å². The first-order valence-corrected chi connectivity index (χ1v) is 14.0. The molecule has 228 valence electrons. The Morgan fingerprint density at radius 2 is 1.12 bits per heavy atom. The minimum Gasteiger partial charge on any atom is -0.507 e. The zero-order chi connectivity index (χ0) is 31.5. The summed E-state index contributed by atoms with van der Waals surface area (Å²) in [6.45, 7) is 8.67. The van der Waals surface area contributed by atoms with Crippen molar-refractivity contribution in [3.05, 3.63) is 76.3 Å². The number of para-hydroxylation sites is 1. The molecule has 3 aromatic carbocycles. The number of benzene rings is 3. The van der Waals surface area contributed by atoms with Crippen LogP contribution in [0, 0.1) is 0 Å². The first-order valence-electron chi connectivity index (χ1n) is 14.0. The van der Waals surface area contributed by atoms with Crippen LogP contribution in [0.3, 0.4) is 0 Å². The second-order valence-corrected chi connectivity index (χ2v) is 11.8. The summed E-state index contributed by atoms with van der Waals surface area (Å²) in [6.07, 6.45) is 2.30. The second kappa shape index (κ2) is 12.4. The fourth-order valence-corrected chi connectivity index (χ4v) is 5.62. The molecule has 2 N–H and O–H groups in total. The maximum Gasteiger partial charge on any atom is 0.339 e. The molecule has 2 aliphatic heterocycles. The van der Waals surface area contributed by atoms with Crippen LogP contribution in [-0.2, 0) is 12.8 Å². The third-order valence-electron chi connectivity index (χ3n) is 7.43. The Kier molecular flexibility index (Phi) is 9.04. The van der Waals surface area contributed by atoms with E-state index < -0.39 is 5.97 Å². The molecule has 0 unspecified atom stereocenters. The zero-order valence-electron chi connectivity index (χ0n) is 26.1. The van der Waals surface area contributed by atoms with Crippen molar-refractivity contribution in [3.8, 4) is 28.7 Å². The minimum absolute atomic E-state index is 0.0671. The Morgan fingerprint density at radius 3 is 1.47 bits per heavy atom. The normalized spacial score (nSPS) is 15.8. The van der Waals surface area contributed by atoms with E-state index in [2.05, 4.69) is 39.8 Å². The average Bonchev–Trinajstić information content (AvgIpc) is 2.95. The molecule has 0 radical (unpaired) electrons. The Labute approximate surface area is 252 Å². The summed E-state index contributed by atoms with van der Waals surface area (Å²) in [5.74, 6) is 1.59. The number of carboxylic acids is 1. The highest BCUT2D eigenvalue weighted by molar-refractivity contribution is 6.20. The van der Waals surface area contributed by atoms with Crippen LogP contribution < -0.4 is 18.9 Å². The summed E-state index contributed by atoms with van der Waals surface area (Å²) in [4.78, 5) is 20.6. The Balaban J connectivity index is 0.000000359. The number of nitrogens with zero attached hydrogens (tertiary/aromatic N) is 2. The summed E-state index contributed by atoms with van der Waals surface area (Å²) in [6, 6.07) is 14.1. The van der Waals surface area contributed by atoms with Crippen molar-refractivity contribution in [2.24, 2.45) is 9.98 Å². The van der Waals surface area contributed by atoms with E-state index in [1.165, 1.54) is 23.3 Å². The van der Waals surface area contributed by atoms with Gasteiger partial charge in [-0.15, -0.1) is 0 Å². The molecule has 0 spiro atoms. The van der Waals surface area contributed by atoms with Crippen LogP contribution in [0.5, 0.6) is 28.7 Å². The lowest BCUT2D eigenvalue weighted by atomic mass is 9.82. The van der Waals surface area contributed by atoms with Crippen molar-refractivity contribution in [2.45, 2.75) is 58.0 Å². The van der Waals surface area contributed by atoms with E-state index in [4.69, 9.17) is 39.1 Å². The number of hydrogen-bond donors (Lipinski definition) is 2. The molecule has 0 atom stereocenters. The molecular formula is C34H40N2O7. The molecule has 2 heterocycles. The van der Waals surface area contributed by atoms with Gasteiger partial charge in [0, 0.05) is 29.0 Å². The molecule has 0 fully saturated rings. The topological polar surface area (TPSA) is 119 Å². The van der Waals surface area contributed by atoms with Crippen LogP contribution in [0.2, 0.25) is 0 Å². The lowest BCUT2D eigenvalue weighted by molar-refractivity contribution is 0.0693. The van der Waals surface area contributed by atoms with Gasteiger partial charge in [-0.3, -0.25) is 9.98 Å². The molecule has 2 aliphatic rings. The number of carbonyl (C=O) groups is 1. The molecule has 0 aromatic heterocycles. The number of aromatic hydroxyl groups is 1. The second-order valence-electron chi connectivity index (χ2n) is 11.8. The third kappa shape index (κ3) is 6.93. The Hall–Kier alpha value is -4.53. The van der Waals surface area contributed by atoms with Crippen molar-refractivity contribution in [1.29, 1.82) is 0 Å². The third-order valence-corrected chi connectivity index (χ3v) is 7.43. The van der Waals surface area contributed by atoms with Crippen LogP contribution in [0.1, 0.15) is 66.7 Å². The van der Waals surface area contributed by atoms with Gasteiger partial charge < -0.3 is 29.2 Å². The highest BCUT2D eigenvalue weighted by Crippen LogP contribution is 2.39. The SMILES string of the molecule is COc1cc2c(cc1OC)C(CC1=NC(C)(C)Cc3cc(OC)c(OC)cc31)=NC(C)(C)C2.O=C(O)c1ccccc1O. The summed E-state index contributed by atoms with van der Waals surface area (Å²) in [5.41, 5.74) is 6.15. The quantitative estimate of drug-likeness (QED) is 0.340. The summed E-state index contributed by atoms with van der Waals surface area (Å²) < 4.78 is 22.3. The molecule has 0 bridgehead atoms. The number of ether oxygens (including phenoxy) is 4. The van der Waals surface area contributed by atoms with E-state index in [0.29, 0.717) is 17.9 Å². The number of aromatic carboxylic acids is 1. The molecule has 0 saturated heterocycles. The number of phenols is 1. The van der Waals surface area contributed by atoms with Gasteiger partial charge in [0.15, 0.2) is 23.0 Å². The molecule has 9 heteroatoms. The van der Waals surface area contributed by atoms with Crippen LogP contribution in [0.15, 0.2) is 58.5 Å². The molecule has 0 saturated carbocycles. The summed E-state index contributed by atoms with van der Waals surface area (Å²) in [5, 5.41) is 17.3. The van der Waals surface area contributed by atoms with Gasteiger partial charge in [-0.2, -0.15) is 0 Å². The maximum absolute atomic E-state index is 10.3. The first kappa shape index (κ1) is 31.4. The van der Waals surface area contributed by atoms with E-state index in [0.717, 1.165) is 46.9 Å². The Bertz CT molecular complexity index is 1500. The monoisotopic (exact) mass is 588 g/mol. The fourth-order valence-electron chi connectivity index (χ4n) is 5.62. The standard InChI is InChI=1S/C27H34N2O4.C7H6O3/c1-26(2)14-16-9-22(30-5)24(32-7)11-18(16)20(28-26)13-21-19-12-25(33-8)23(31-6)10-17(19)15-27(3,4)29-21;8-6-4-2-1-3-5(6)7(9)10/h9-12H,13-15H2,1-8H3;1-4,8H,(H,9,10). The van der Waals surface area contributed by atoms with Gasteiger partial charge in [-0.25, -0.2) is 4.79 Å². The molecular weight excluding hydrogens is 548 g/mol. The number of methoxy groups -OCH3 is 4. The van der Waals surface area contributed by atoms with E-state index in [-0.39, 0.29) is 22.4 Å². The van der Waals surface area contributed by atoms with Crippen molar-refractivity contribution in [1.82, 2.24) is 0 Å². The molecule has 3 aromatic rings. The van der Waals surface area contributed by atoms with Crippen molar-refractivity contribution < 1.29 is 34.0 Å². The summed E-state index contributed by atoms with van der Waals surface area (Å²) in [7, 11) is 6.67. The van der Waals surface area contributed by atoms with Gasteiger partial charge in [0.25, 0.3) is 0 Å². The van der Waals surface area contributed by atoms with Crippen LogP contribution >= 0.6 is 0 Å². The Morgan fingerprint density at radius 1 is 0.721 bits per heavy atom. The van der Waals surface area contributed by atoms with Gasteiger partial charge in [0.2, 0.25) is 0 Å². The lowest BCUT2D eigenvalue weighted by Gasteiger charge is -2.33. The van der Waals surface area contributed by atoms with Crippen LogP contribution in [-0.4, -0.2) is 67.1 Å². The number of carboxylic acid groups (broad SMARTS) is 1. The van der Waals surface area contributed by atoms with Crippen LogP contribution in [0.4, 0.5) is 0 Å². The molecule has 9 nitrogen and oxygen atoms in total. The highest BCUT2D eigenvalue weighted by Gasteiger charge is 2.33.